The Morgan fingerprint density at radius 1 is 0.921 bits per heavy atom. The van der Waals surface area contributed by atoms with Crippen LogP contribution in [0.3, 0.4) is 0 Å². The van der Waals surface area contributed by atoms with Gasteiger partial charge in [-0.15, -0.1) is 0 Å². The summed E-state index contributed by atoms with van der Waals surface area (Å²) in [5, 5.41) is 13.9. The molecule has 0 aliphatic carbocycles. The molecule has 38 heavy (non-hydrogen) atoms. The molecule has 0 saturated carbocycles. The molecule has 8 heteroatoms. The summed E-state index contributed by atoms with van der Waals surface area (Å²) in [4.78, 5) is 53.7. The molecule has 5 rings (SSSR count). The zero-order valence-corrected chi connectivity index (χ0v) is 21.1. The SMILES string of the molecule is COC(=O)c1ccc(CN2C(=O)C3C(c4ccccc4C)NC(Cc4ccccc4)(C(=O)O)C3C2=O)cc1. The first-order valence-corrected chi connectivity index (χ1v) is 12.4. The Morgan fingerprint density at radius 2 is 1.58 bits per heavy atom. The summed E-state index contributed by atoms with van der Waals surface area (Å²) in [6, 6.07) is 22.5. The van der Waals surface area contributed by atoms with E-state index in [1.165, 1.54) is 7.11 Å². The number of hydrogen-bond acceptors (Lipinski definition) is 6. The van der Waals surface area contributed by atoms with Gasteiger partial charge in [-0.3, -0.25) is 24.6 Å². The van der Waals surface area contributed by atoms with E-state index in [1.54, 1.807) is 24.3 Å². The fourth-order valence-corrected chi connectivity index (χ4v) is 5.82. The summed E-state index contributed by atoms with van der Waals surface area (Å²) < 4.78 is 4.73. The Balaban J connectivity index is 1.56. The number of aliphatic carboxylic acids is 1. The van der Waals surface area contributed by atoms with Gasteiger partial charge in [0.2, 0.25) is 11.8 Å². The molecule has 0 radical (unpaired) electrons. The van der Waals surface area contributed by atoms with E-state index in [2.05, 4.69) is 5.32 Å². The molecular formula is C30H28N2O6. The van der Waals surface area contributed by atoms with Crippen molar-refractivity contribution < 1.29 is 29.0 Å². The number of carbonyl (C=O) groups excluding carboxylic acids is 3. The number of carbonyl (C=O) groups is 4. The molecule has 0 aromatic heterocycles. The fraction of sp³-hybridized carbons (Fsp3) is 0.267. The second-order valence-corrected chi connectivity index (χ2v) is 9.87. The average molecular weight is 513 g/mol. The number of amides is 2. The number of carboxylic acid groups (broad SMARTS) is 1. The lowest BCUT2D eigenvalue weighted by atomic mass is 9.76. The largest absolute Gasteiger partial charge is 0.480 e. The highest BCUT2D eigenvalue weighted by Gasteiger charge is 2.68. The van der Waals surface area contributed by atoms with E-state index < -0.39 is 47.2 Å². The molecule has 8 nitrogen and oxygen atoms in total. The summed E-state index contributed by atoms with van der Waals surface area (Å²) >= 11 is 0. The molecule has 194 valence electrons. The maximum absolute atomic E-state index is 13.9. The number of fused-ring (bicyclic) bond motifs is 1. The van der Waals surface area contributed by atoms with Crippen molar-refractivity contribution in [2.75, 3.05) is 7.11 Å². The number of esters is 1. The fourth-order valence-electron chi connectivity index (χ4n) is 5.82. The first-order chi connectivity index (χ1) is 18.3. The van der Waals surface area contributed by atoms with Gasteiger partial charge in [0.25, 0.3) is 0 Å². The van der Waals surface area contributed by atoms with Crippen molar-refractivity contribution in [2.24, 2.45) is 11.8 Å². The van der Waals surface area contributed by atoms with E-state index in [4.69, 9.17) is 4.74 Å². The number of benzene rings is 3. The average Bonchev–Trinajstić information content (AvgIpc) is 3.39. The van der Waals surface area contributed by atoms with Crippen molar-refractivity contribution in [1.82, 2.24) is 10.2 Å². The van der Waals surface area contributed by atoms with Gasteiger partial charge < -0.3 is 9.84 Å². The van der Waals surface area contributed by atoms with E-state index >= 15 is 0 Å². The molecule has 2 saturated heterocycles. The molecule has 2 aliphatic heterocycles. The second-order valence-electron chi connectivity index (χ2n) is 9.87. The number of ether oxygens (including phenoxy) is 1. The van der Waals surface area contributed by atoms with Gasteiger partial charge >= 0.3 is 11.9 Å². The number of likely N-dealkylation sites (tertiary alicyclic amines) is 1. The van der Waals surface area contributed by atoms with Gasteiger partial charge in [-0.2, -0.15) is 0 Å². The molecule has 3 aromatic carbocycles. The summed E-state index contributed by atoms with van der Waals surface area (Å²) in [6.45, 7) is 1.89. The lowest BCUT2D eigenvalue weighted by Crippen LogP contribution is -2.57. The first kappa shape index (κ1) is 25.4. The number of methoxy groups -OCH3 is 1. The minimum absolute atomic E-state index is 0.0202. The number of nitrogens with one attached hydrogen (secondary N) is 1. The molecule has 4 unspecified atom stereocenters. The van der Waals surface area contributed by atoms with E-state index in [0.29, 0.717) is 11.1 Å². The third-order valence-corrected chi connectivity index (χ3v) is 7.69. The summed E-state index contributed by atoms with van der Waals surface area (Å²) in [7, 11) is 1.29. The van der Waals surface area contributed by atoms with Gasteiger partial charge in [0, 0.05) is 12.5 Å². The molecule has 3 aromatic rings. The summed E-state index contributed by atoms with van der Waals surface area (Å²) in [5.74, 6) is -4.55. The molecule has 0 bridgehead atoms. The smallest absolute Gasteiger partial charge is 0.337 e. The molecule has 4 atom stereocenters. The van der Waals surface area contributed by atoms with E-state index in [0.717, 1.165) is 21.6 Å². The van der Waals surface area contributed by atoms with Gasteiger partial charge in [0.1, 0.15) is 5.54 Å². The van der Waals surface area contributed by atoms with E-state index in [1.807, 2.05) is 61.5 Å². The summed E-state index contributed by atoms with van der Waals surface area (Å²) in [6.07, 6.45) is 0.0490. The third-order valence-electron chi connectivity index (χ3n) is 7.69. The Labute approximate surface area is 220 Å². The topological polar surface area (TPSA) is 113 Å². The van der Waals surface area contributed by atoms with Crippen LogP contribution in [-0.2, 0) is 32.1 Å². The van der Waals surface area contributed by atoms with Crippen LogP contribution in [0.15, 0.2) is 78.9 Å². The molecular weight excluding hydrogens is 484 g/mol. The summed E-state index contributed by atoms with van der Waals surface area (Å²) in [5.41, 5.74) is 1.77. The maximum atomic E-state index is 13.9. The van der Waals surface area contributed by atoms with Crippen molar-refractivity contribution in [1.29, 1.82) is 0 Å². The third kappa shape index (κ3) is 4.16. The van der Waals surface area contributed by atoms with Gasteiger partial charge in [0.15, 0.2) is 0 Å². The number of rotatable bonds is 7. The van der Waals surface area contributed by atoms with Crippen LogP contribution < -0.4 is 5.32 Å². The minimum atomic E-state index is -1.67. The highest BCUT2D eigenvalue weighted by Crippen LogP contribution is 2.50. The van der Waals surface area contributed by atoms with Crippen LogP contribution in [0.5, 0.6) is 0 Å². The Morgan fingerprint density at radius 3 is 2.21 bits per heavy atom. The predicted molar refractivity (Wildman–Crippen MR) is 138 cm³/mol. The molecule has 2 amide bonds. The highest BCUT2D eigenvalue weighted by molar-refractivity contribution is 6.09. The van der Waals surface area contributed by atoms with Crippen LogP contribution >= 0.6 is 0 Å². The normalized spacial score (nSPS) is 24.4. The van der Waals surface area contributed by atoms with Gasteiger partial charge in [-0.1, -0.05) is 66.7 Å². The monoisotopic (exact) mass is 512 g/mol. The molecule has 2 aliphatic rings. The minimum Gasteiger partial charge on any atom is -0.480 e. The lowest BCUT2D eigenvalue weighted by molar-refractivity contribution is -0.151. The van der Waals surface area contributed by atoms with E-state index in [-0.39, 0.29) is 13.0 Å². The van der Waals surface area contributed by atoms with Gasteiger partial charge in [-0.25, -0.2) is 4.79 Å². The van der Waals surface area contributed by atoms with Crippen molar-refractivity contribution in [3.8, 4) is 0 Å². The van der Waals surface area contributed by atoms with Crippen molar-refractivity contribution in [3.63, 3.8) is 0 Å². The molecule has 0 spiro atoms. The molecule has 2 fully saturated rings. The van der Waals surface area contributed by atoms with Crippen LogP contribution in [-0.4, -0.2) is 46.4 Å². The molecule has 2 N–H and O–H groups in total. The van der Waals surface area contributed by atoms with Crippen LogP contribution in [0, 0.1) is 18.8 Å². The van der Waals surface area contributed by atoms with Crippen molar-refractivity contribution in [3.05, 3.63) is 107 Å². The zero-order valence-electron chi connectivity index (χ0n) is 21.1. The second kappa shape index (κ2) is 9.87. The number of nitrogens with zero attached hydrogens (tertiary/aromatic N) is 1. The number of carboxylic acids is 1. The van der Waals surface area contributed by atoms with Crippen LogP contribution in [0.4, 0.5) is 0 Å². The number of imide groups is 1. The van der Waals surface area contributed by atoms with Crippen LogP contribution in [0.25, 0.3) is 0 Å². The number of aryl methyl sites for hydroxylation is 1. The zero-order chi connectivity index (χ0) is 27.0. The van der Waals surface area contributed by atoms with Crippen molar-refractivity contribution in [2.45, 2.75) is 31.5 Å². The number of hydrogen-bond donors (Lipinski definition) is 2. The highest BCUT2D eigenvalue weighted by atomic mass is 16.5. The quantitative estimate of drug-likeness (QED) is 0.369. The van der Waals surface area contributed by atoms with E-state index in [9.17, 15) is 24.3 Å². The van der Waals surface area contributed by atoms with Crippen molar-refractivity contribution >= 4 is 23.8 Å². The lowest BCUT2D eigenvalue weighted by Gasteiger charge is -2.31. The maximum Gasteiger partial charge on any atom is 0.337 e. The van der Waals surface area contributed by atoms with Crippen LogP contribution in [0.2, 0.25) is 0 Å². The van der Waals surface area contributed by atoms with Gasteiger partial charge in [0.05, 0.1) is 31.1 Å². The Hall–Kier alpha value is -4.30. The molecule has 2 heterocycles. The predicted octanol–water partition coefficient (Wildman–Crippen LogP) is 3.29. The Bertz CT molecular complexity index is 1400. The van der Waals surface area contributed by atoms with Crippen LogP contribution in [0.1, 0.15) is 38.7 Å². The first-order valence-electron chi connectivity index (χ1n) is 12.4. The Kier molecular flexibility index (Phi) is 6.59. The van der Waals surface area contributed by atoms with Gasteiger partial charge in [-0.05, 0) is 41.3 Å². The standard InChI is InChI=1S/C30H28N2O6/c1-18-8-6-7-11-22(18)25-23-24(30(31-25,29(36)37)16-19-9-4-3-5-10-19)27(34)32(26(23)33)17-20-12-14-21(15-13-20)28(35)38-2/h3-15,23-25,31H,16-17H2,1-2H3,(H,36,37).